The highest BCUT2D eigenvalue weighted by Gasteiger charge is 2.35. The average molecular weight is 399 g/mol. The molecule has 0 heterocycles. The molecule has 2 fully saturated rings. The monoisotopic (exact) mass is 399 g/mol. The Bertz CT molecular complexity index is 462. The second-order valence-electron chi connectivity index (χ2n) is 6.20. The highest BCUT2D eigenvalue weighted by Crippen LogP contribution is 2.40. The summed E-state index contributed by atoms with van der Waals surface area (Å²) < 4.78 is 0. The average Bonchev–Trinajstić information content (AvgIpc) is 3.19. The maximum absolute atomic E-state index is 4.35. The summed E-state index contributed by atoms with van der Waals surface area (Å²) in [4.78, 5) is 4.35. The van der Waals surface area contributed by atoms with Gasteiger partial charge in [-0.25, -0.2) is 0 Å². The molecule has 4 heteroatoms. The highest BCUT2D eigenvalue weighted by atomic mass is 127. The first-order chi connectivity index (χ1) is 9.82. The zero-order chi connectivity index (χ0) is 13.8. The SMILES string of the molecule is CN=C(NCC1(c2ccccc2)CCCC1)NC1CC1.I. The third kappa shape index (κ3) is 4.11. The predicted octanol–water partition coefficient (Wildman–Crippen LogP) is 3.44. The Labute approximate surface area is 145 Å². The summed E-state index contributed by atoms with van der Waals surface area (Å²) in [6.45, 7) is 0.989. The molecule has 21 heavy (non-hydrogen) atoms. The Morgan fingerprint density at radius 1 is 1.19 bits per heavy atom. The van der Waals surface area contributed by atoms with Gasteiger partial charge in [0.05, 0.1) is 0 Å². The number of nitrogens with zero attached hydrogens (tertiary/aromatic N) is 1. The van der Waals surface area contributed by atoms with Crippen LogP contribution in [0.3, 0.4) is 0 Å². The van der Waals surface area contributed by atoms with E-state index in [1.54, 1.807) is 0 Å². The van der Waals surface area contributed by atoms with Gasteiger partial charge in [0, 0.05) is 25.0 Å². The zero-order valence-electron chi connectivity index (χ0n) is 12.8. The third-order valence-corrected chi connectivity index (χ3v) is 4.68. The number of aliphatic imine (C=N–C) groups is 1. The van der Waals surface area contributed by atoms with Crippen molar-refractivity contribution in [2.45, 2.75) is 50.0 Å². The van der Waals surface area contributed by atoms with Crippen LogP contribution >= 0.6 is 24.0 Å². The van der Waals surface area contributed by atoms with Crippen LogP contribution in [-0.4, -0.2) is 25.6 Å². The fraction of sp³-hybridized carbons (Fsp3) is 0.588. The molecule has 116 valence electrons. The molecule has 2 aliphatic carbocycles. The van der Waals surface area contributed by atoms with E-state index in [0.29, 0.717) is 11.5 Å². The number of nitrogens with one attached hydrogen (secondary N) is 2. The molecule has 1 aromatic carbocycles. The fourth-order valence-corrected chi connectivity index (χ4v) is 3.28. The van der Waals surface area contributed by atoms with Crippen molar-refractivity contribution >= 4 is 29.9 Å². The molecule has 0 atom stereocenters. The van der Waals surface area contributed by atoms with E-state index in [2.05, 4.69) is 46.0 Å². The Morgan fingerprint density at radius 3 is 2.43 bits per heavy atom. The third-order valence-electron chi connectivity index (χ3n) is 4.68. The normalized spacial score (nSPS) is 20.7. The van der Waals surface area contributed by atoms with E-state index in [0.717, 1.165) is 12.5 Å². The van der Waals surface area contributed by atoms with Gasteiger partial charge in [0.25, 0.3) is 0 Å². The molecule has 3 nitrogen and oxygen atoms in total. The number of rotatable bonds is 4. The van der Waals surface area contributed by atoms with Crippen LogP contribution in [-0.2, 0) is 5.41 Å². The van der Waals surface area contributed by atoms with Gasteiger partial charge in [0.2, 0.25) is 0 Å². The Kier molecular flexibility index (Phi) is 5.90. The van der Waals surface area contributed by atoms with Gasteiger partial charge < -0.3 is 10.6 Å². The first-order valence-electron chi connectivity index (χ1n) is 7.85. The van der Waals surface area contributed by atoms with Crippen LogP contribution in [0.4, 0.5) is 0 Å². The number of hydrogen-bond acceptors (Lipinski definition) is 1. The minimum Gasteiger partial charge on any atom is -0.356 e. The molecule has 0 aliphatic heterocycles. The minimum atomic E-state index is 0. The van der Waals surface area contributed by atoms with E-state index < -0.39 is 0 Å². The standard InChI is InChI=1S/C17H25N3.HI/c1-18-16(20-15-9-10-15)19-13-17(11-5-6-12-17)14-7-3-2-4-8-14;/h2-4,7-8,15H,5-6,9-13H2,1H3,(H2,18,19,20);1H. The highest BCUT2D eigenvalue weighted by molar-refractivity contribution is 14.0. The van der Waals surface area contributed by atoms with Gasteiger partial charge in [-0.3, -0.25) is 4.99 Å². The van der Waals surface area contributed by atoms with Crippen molar-refractivity contribution in [2.75, 3.05) is 13.6 Å². The van der Waals surface area contributed by atoms with E-state index in [1.807, 2.05) is 7.05 Å². The summed E-state index contributed by atoms with van der Waals surface area (Å²) in [6, 6.07) is 11.6. The topological polar surface area (TPSA) is 36.4 Å². The summed E-state index contributed by atoms with van der Waals surface area (Å²) >= 11 is 0. The van der Waals surface area contributed by atoms with Crippen LogP contribution in [0.2, 0.25) is 0 Å². The van der Waals surface area contributed by atoms with Crippen molar-refractivity contribution < 1.29 is 0 Å². The van der Waals surface area contributed by atoms with Gasteiger partial charge in [-0.15, -0.1) is 24.0 Å². The van der Waals surface area contributed by atoms with E-state index in [4.69, 9.17) is 0 Å². The smallest absolute Gasteiger partial charge is 0.191 e. The Hall–Kier alpha value is -0.780. The predicted molar refractivity (Wildman–Crippen MR) is 99.5 cm³/mol. The molecular formula is C17H26IN3. The summed E-state index contributed by atoms with van der Waals surface area (Å²) in [5, 5.41) is 7.03. The van der Waals surface area contributed by atoms with Crippen LogP contribution in [0.1, 0.15) is 44.1 Å². The first-order valence-corrected chi connectivity index (χ1v) is 7.85. The van der Waals surface area contributed by atoms with E-state index >= 15 is 0 Å². The van der Waals surface area contributed by atoms with Crippen LogP contribution in [0.5, 0.6) is 0 Å². The molecular weight excluding hydrogens is 373 g/mol. The fourth-order valence-electron chi connectivity index (χ4n) is 3.28. The van der Waals surface area contributed by atoms with Crippen LogP contribution in [0.15, 0.2) is 35.3 Å². The molecule has 2 saturated carbocycles. The van der Waals surface area contributed by atoms with Gasteiger partial charge in [-0.2, -0.15) is 0 Å². The van der Waals surface area contributed by atoms with Crippen molar-refractivity contribution in [3.63, 3.8) is 0 Å². The quantitative estimate of drug-likeness (QED) is 0.462. The van der Waals surface area contributed by atoms with Crippen LogP contribution < -0.4 is 10.6 Å². The summed E-state index contributed by atoms with van der Waals surface area (Å²) in [5.74, 6) is 0.967. The van der Waals surface area contributed by atoms with Gasteiger partial charge in [0.1, 0.15) is 0 Å². The lowest BCUT2D eigenvalue weighted by Gasteiger charge is -2.30. The van der Waals surface area contributed by atoms with Crippen molar-refractivity contribution in [1.82, 2.24) is 10.6 Å². The Morgan fingerprint density at radius 2 is 1.86 bits per heavy atom. The molecule has 0 saturated heterocycles. The second kappa shape index (κ2) is 7.47. The molecule has 2 aliphatic rings. The number of halogens is 1. The van der Waals surface area contributed by atoms with E-state index in [9.17, 15) is 0 Å². The largest absolute Gasteiger partial charge is 0.356 e. The number of hydrogen-bond donors (Lipinski definition) is 2. The van der Waals surface area contributed by atoms with Crippen molar-refractivity contribution in [3.8, 4) is 0 Å². The second-order valence-corrected chi connectivity index (χ2v) is 6.20. The molecule has 0 unspecified atom stereocenters. The van der Waals surface area contributed by atoms with E-state index in [-0.39, 0.29) is 24.0 Å². The number of guanidine groups is 1. The van der Waals surface area contributed by atoms with Crippen molar-refractivity contribution in [1.29, 1.82) is 0 Å². The lowest BCUT2D eigenvalue weighted by Crippen LogP contribution is -2.45. The lowest BCUT2D eigenvalue weighted by molar-refractivity contribution is 0.431. The summed E-state index contributed by atoms with van der Waals surface area (Å²) in [5.41, 5.74) is 1.77. The maximum Gasteiger partial charge on any atom is 0.191 e. The molecule has 1 aromatic rings. The summed E-state index contributed by atoms with van der Waals surface area (Å²) in [6.07, 6.45) is 7.81. The Balaban J connectivity index is 0.00000161. The molecule has 2 N–H and O–H groups in total. The first kappa shape index (κ1) is 16.6. The van der Waals surface area contributed by atoms with Crippen molar-refractivity contribution in [3.05, 3.63) is 35.9 Å². The van der Waals surface area contributed by atoms with E-state index in [1.165, 1.54) is 44.1 Å². The molecule has 0 aromatic heterocycles. The molecule has 3 rings (SSSR count). The molecule has 0 spiro atoms. The van der Waals surface area contributed by atoms with Crippen LogP contribution in [0, 0.1) is 0 Å². The zero-order valence-corrected chi connectivity index (χ0v) is 15.1. The van der Waals surface area contributed by atoms with Gasteiger partial charge >= 0.3 is 0 Å². The van der Waals surface area contributed by atoms with Crippen molar-refractivity contribution in [2.24, 2.45) is 4.99 Å². The lowest BCUT2D eigenvalue weighted by atomic mass is 9.79. The minimum absolute atomic E-state index is 0. The van der Waals surface area contributed by atoms with Gasteiger partial charge in [0.15, 0.2) is 5.96 Å². The number of benzene rings is 1. The van der Waals surface area contributed by atoms with Gasteiger partial charge in [-0.1, -0.05) is 43.2 Å². The maximum atomic E-state index is 4.35. The van der Waals surface area contributed by atoms with Gasteiger partial charge in [-0.05, 0) is 31.2 Å². The molecule has 0 bridgehead atoms. The summed E-state index contributed by atoms with van der Waals surface area (Å²) in [7, 11) is 1.86. The molecule has 0 amide bonds. The van der Waals surface area contributed by atoms with Crippen LogP contribution in [0.25, 0.3) is 0 Å². The molecule has 0 radical (unpaired) electrons.